The van der Waals surface area contributed by atoms with E-state index in [1.54, 1.807) is 39.6 Å². The summed E-state index contributed by atoms with van der Waals surface area (Å²) in [7, 11) is 0. The van der Waals surface area contributed by atoms with E-state index in [1.165, 1.54) is 6.33 Å². The molecule has 1 aliphatic rings. The van der Waals surface area contributed by atoms with Gasteiger partial charge in [0.1, 0.15) is 19.2 Å². The van der Waals surface area contributed by atoms with Gasteiger partial charge in [-0.1, -0.05) is 41.0 Å². The van der Waals surface area contributed by atoms with Crippen LogP contribution in [0.2, 0.25) is 10.0 Å². The Kier molecular flexibility index (Phi) is 3.80. The molecule has 0 bridgehead atoms. The molecule has 0 radical (unpaired) electrons. The molecule has 0 fully saturated rings. The van der Waals surface area contributed by atoms with Crippen molar-refractivity contribution in [2.75, 3.05) is 5.75 Å². The van der Waals surface area contributed by atoms with Crippen molar-refractivity contribution in [3.8, 4) is 0 Å². The van der Waals surface area contributed by atoms with Gasteiger partial charge in [0.2, 0.25) is 5.16 Å². The molecule has 0 N–H and O–H groups in total. The summed E-state index contributed by atoms with van der Waals surface area (Å²) in [6, 6.07) is 5.38. The predicted molar refractivity (Wildman–Crippen MR) is 88.3 cm³/mol. The first kappa shape index (κ1) is 14.7. The molecule has 0 saturated heterocycles. The number of hydrogen-bond donors (Lipinski definition) is 0. The van der Waals surface area contributed by atoms with E-state index in [-0.39, 0.29) is 0 Å². The SMILES string of the molecule is Clc1ccc(C2=Nn3c(Cn4cncn4)nnc3SC2)c(Cl)c1. The second kappa shape index (κ2) is 5.95. The van der Waals surface area contributed by atoms with Crippen LogP contribution >= 0.6 is 35.0 Å². The lowest BCUT2D eigenvalue weighted by Gasteiger charge is -2.14. The number of benzene rings is 1. The Bertz CT molecular complexity index is 888. The Balaban J connectivity index is 1.72. The van der Waals surface area contributed by atoms with E-state index in [0.29, 0.717) is 28.2 Å². The lowest BCUT2D eigenvalue weighted by atomic mass is 10.1. The summed E-state index contributed by atoms with van der Waals surface area (Å²) in [6.45, 7) is 0.443. The van der Waals surface area contributed by atoms with Crippen LogP contribution in [-0.4, -0.2) is 41.1 Å². The van der Waals surface area contributed by atoms with Crippen LogP contribution in [0.1, 0.15) is 11.4 Å². The molecule has 0 saturated carbocycles. The van der Waals surface area contributed by atoms with E-state index in [9.17, 15) is 0 Å². The van der Waals surface area contributed by atoms with Crippen LogP contribution in [0.3, 0.4) is 0 Å². The third-order valence-corrected chi connectivity index (χ3v) is 4.73. The van der Waals surface area contributed by atoms with Crippen molar-refractivity contribution in [3.63, 3.8) is 0 Å². The summed E-state index contributed by atoms with van der Waals surface area (Å²) >= 11 is 13.8. The molecule has 0 amide bonds. The van der Waals surface area contributed by atoms with Crippen molar-refractivity contribution in [2.45, 2.75) is 11.7 Å². The van der Waals surface area contributed by atoms with Gasteiger partial charge >= 0.3 is 0 Å². The molecule has 7 nitrogen and oxygen atoms in total. The first-order valence-corrected chi connectivity index (χ1v) is 8.37. The summed E-state index contributed by atoms with van der Waals surface area (Å²) in [4.78, 5) is 3.92. The number of thioether (sulfide) groups is 1. The molecular weight excluding hydrogens is 357 g/mol. The van der Waals surface area contributed by atoms with E-state index in [1.807, 2.05) is 6.07 Å². The van der Waals surface area contributed by atoms with Gasteiger partial charge in [-0.15, -0.1) is 10.2 Å². The highest BCUT2D eigenvalue weighted by Crippen LogP contribution is 2.28. The maximum atomic E-state index is 6.28. The minimum atomic E-state index is 0.443. The van der Waals surface area contributed by atoms with Crippen LogP contribution in [0.25, 0.3) is 0 Å². The van der Waals surface area contributed by atoms with E-state index in [4.69, 9.17) is 23.2 Å². The predicted octanol–water partition coefficient (Wildman–Crippen LogP) is 2.58. The third kappa shape index (κ3) is 2.85. The molecule has 1 aromatic carbocycles. The summed E-state index contributed by atoms with van der Waals surface area (Å²) in [5.41, 5.74) is 1.71. The fraction of sp³-hybridized carbons (Fsp3) is 0.154. The second-order valence-electron chi connectivity index (χ2n) is 4.76. The number of rotatable bonds is 3. The molecule has 4 rings (SSSR count). The van der Waals surface area contributed by atoms with Gasteiger partial charge in [-0.3, -0.25) is 0 Å². The fourth-order valence-corrected chi connectivity index (χ4v) is 3.55. The molecule has 23 heavy (non-hydrogen) atoms. The smallest absolute Gasteiger partial charge is 0.212 e. The van der Waals surface area contributed by atoms with Crippen molar-refractivity contribution < 1.29 is 0 Å². The molecule has 0 aliphatic carbocycles. The van der Waals surface area contributed by atoms with Crippen molar-refractivity contribution in [2.24, 2.45) is 5.10 Å². The molecule has 0 spiro atoms. The summed E-state index contributed by atoms with van der Waals surface area (Å²) in [6.07, 6.45) is 3.10. The van der Waals surface area contributed by atoms with Crippen molar-refractivity contribution >= 4 is 40.7 Å². The molecular formula is C13H9Cl2N7S. The van der Waals surface area contributed by atoms with E-state index < -0.39 is 0 Å². The van der Waals surface area contributed by atoms with Crippen LogP contribution in [0.15, 0.2) is 41.1 Å². The van der Waals surface area contributed by atoms with Gasteiger partial charge in [0, 0.05) is 16.3 Å². The Morgan fingerprint density at radius 1 is 1.22 bits per heavy atom. The van der Waals surface area contributed by atoms with E-state index in [2.05, 4.69) is 25.4 Å². The van der Waals surface area contributed by atoms with Crippen molar-refractivity contribution in [1.82, 2.24) is 29.6 Å². The molecule has 3 heterocycles. The highest BCUT2D eigenvalue weighted by Gasteiger charge is 2.21. The molecule has 10 heteroatoms. The number of aromatic nitrogens is 6. The Labute approximate surface area is 145 Å². The molecule has 3 aromatic rings. The van der Waals surface area contributed by atoms with Gasteiger partial charge < -0.3 is 0 Å². The maximum Gasteiger partial charge on any atom is 0.212 e. The maximum absolute atomic E-state index is 6.28. The zero-order valence-electron chi connectivity index (χ0n) is 11.6. The summed E-state index contributed by atoms with van der Waals surface area (Å²) in [5, 5.41) is 19.0. The number of fused-ring (bicyclic) bond motifs is 1. The average Bonchev–Trinajstić information content (AvgIpc) is 3.18. The normalized spacial score (nSPS) is 13.7. The zero-order valence-corrected chi connectivity index (χ0v) is 13.9. The van der Waals surface area contributed by atoms with Gasteiger partial charge in [0.05, 0.1) is 10.7 Å². The van der Waals surface area contributed by atoms with Gasteiger partial charge in [-0.2, -0.15) is 14.9 Å². The second-order valence-corrected chi connectivity index (χ2v) is 6.55. The van der Waals surface area contributed by atoms with Crippen LogP contribution in [-0.2, 0) is 6.54 Å². The van der Waals surface area contributed by atoms with Crippen LogP contribution in [0.5, 0.6) is 0 Å². The van der Waals surface area contributed by atoms with Gasteiger partial charge in [-0.05, 0) is 12.1 Å². The van der Waals surface area contributed by atoms with Crippen molar-refractivity contribution in [3.05, 3.63) is 52.3 Å². The highest BCUT2D eigenvalue weighted by molar-refractivity contribution is 7.99. The molecule has 0 unspecified atom stereocenters. The van der Waals surface area contributed by atoms with Crippen LogP contribution in [0.4, 0.5) is 0 Å². The monoisotopic (exact) mass is 365 g/mol. The Morgan fingerprint density at radius 3 is 2.91 bits per heavy atom. The van der Waals surface area contributed by atoms with Gasteiger partial charge in [0.25, 0.3) is 0 Å². The first-order valence-electron chi connectivity index (χ1n) is 6.63. The standard InChI is InChI=1S/C13H9Cl2N7S/c14-8-1-2-9(10(15)3-8)11-5-23-13-19-18-12(22(13)20-11)4-21-7-16-6-17-21/h1-3,6-7H,4-5H2. The van der Waals surface area contributed by atoms with Crippen LogP contribution in [0, 0.1) is 0 Å². The minimum absolute atomic E-state index is 0.443. The largest absolute Gasteiger partial charge is 0.245 e. The van der Waals surface area contributed by atoms with Crippen LogP contribution < -0.4 is 0 Å². The lowest BCUT2D eigenvalue weighted by Crippen LogP contribution is -2.16. The first-order chi connectivity index (χ1) is 11.2. The van der Waals surface area contributed by atoms with Gasteiger partial charge in [-0.25, -0.2) is 9.67 Å². The number of nitrogens with zero attached hydrogens (tertiary/aromatic N) is 7. The van der Waals surface area contributed by atoms with Gasteiger partial charge in [0.15, 0.2) is 5.82 Å². The highest BCUT2D eigenvalue weighted by atomic mass is 35.5. The topological polar surface area (TPSA) is 73.8 Å². The Morgan fingerprint density at radius 2 is 2.13 bits per heavy atom. The summed E-state index contributed by atoms with van der Waals surface area (Å²) < 4.78 is 3.39. The number of hydrogen-bond acceptors (Lipinski definition) is 6. The molecule has 2 aromatic heterocycles. The quantitative estimate of drug-likeness (QED) is 0.712. The third-order valence-electron chi connectivity index (χ3n) is 3.25. The molecule has 0 atom stereocenters. The fourth-order valence-electron chi connectivity index (χ4n) is 2.18. The minimum Gasteiger partial charge on any atom is -0.245 e. The number of halogens is 2. The Hall–Kier alpha value is -1.90. The molecule has 1 aliphatic heterocycles. The summed E-state index contributed by atoms with van der Waals surface area (Å²) in [5.74, 6) is 1.35. The van der Waals surface area contributed by atoms with E-state index in [0.717, 1.165) is 16.4 Å². The average molecular weight is 366 g/mol. The van der Waals surface area contributed by atoms with E-state index >= 15 is 0 Å². The van der Waals surface area contributed by atoms with Crippen molar-refractivity contribution in [1.29, 1.82) is 0 Å². The molecule has 116 valence electrons. The zero-order chi connectivity index (χ0) is 15.8. The lowest BCUT2D eigenvalue weighted by molar-refractivity contribution is 0.611.